The van der Waals surface area contributed by atoms with Crippen molar-refractivity contribution in [3.05, 3.63) is 35.4 Å². The number of hydrogen-bond donors (Lipinski definition) is 1. The fraction of sp³-hybridized carbons (Fsp3) is 0.538. The molecule has 0 aromatic heterocycles. The maximum absolute atomic E-state index is 8.99. The van der Waals surface area contributed by atoms with Gasteiger partial charge < -0.3 is 5.11 Å². The van der Waals surface area contributed by atoms with Crippen molar-refractivity contribution in [2.45, 2.75) is 31.1 Å². The molecule has 0 saturated heterocycles. The normalized spacial score (nSPS) is 30.4. The van der Waals surface area contributed by atoms with E-state index >= 15 is 0 Å². The molecule has 2 saturated carbocycles. The lowest BCUT2D eigenvalue weighted by Gasteiger charge is -2.01. The number of aliphatic hydroxyl groups excluding tert-OH is 1. The van der Waals surface area contributed by atoms with Gasteiger partial charge in [0.25, 0.3) is 0 Å². The number of aliphatic hydroxyl groups is 1. The lowest BCUT2D eigenvalue weighted by atomic mass is 10.0. The second-order valence-electron chi connectivity index (χ2n) is 4.73. The van der Waals surface area contributed by atoms with E-state index in [0.29, 0.717) is 18.4 Å². The van der Waals surface area contributed by atoms with Crippen LogP contribution in [0.3, 0.4) is 0 Å². The molecule has 1 N–H and O–H groups in total. The molecule has 0 heterocycles. The Kier molecular flexibility index (Phi) is 1.88. The molecule has 2 unspecified atom stereocenters. The Morgan fingerprint density at radius 3 is 2.21 bits per heavy atom. The second-order valence-corrected chi connectivity index (χ2v) is 4.73. The fourth-order valence-corrected chi connectivity index (χ4v) is 2.29. The Morgan fingerprint density at radius 1 is 1.07 bits per heavy atom. The highest BCUT2D eigenvalue weighted by molar-refractivity contribution is 5.32. The SMILES string of the molecule is OCC1CC1c1ccc(C2CC2)cc1. The van der Waals surface area contributed by atoms with Crippen LogP contribution in [0.5, 0.6) is 0 Å². The standard InChI is InChI=1S/C13H16O/c14-8-12-7-13(12)11-5-3-10(4-6-11)9-1-2-9/h3-6,9,12-14H,1-2,7-8H2. The molecule has 3 rings (SSSR count). The summed E-state index contributed by atoms with van der Waals surface area (Å²) in [6, 6.07) is 9.07. The summed E-state index contributed by atoms with van der Waals surface area (Å²) in [5.41, 5.74) is 2.93. The molecule has 2 atom stereocenters. The van der Waals surface area contributed by atoms with Crippen molar-refractivity contribution in [2.75, 3.05) is 6.61 Å². The minimum atomic E-state index is 0.356. The molecular weight excluding hydrogens is 172 g/mol. The van der Waals surface area contributed by atoms with E-state index in [-0.39, 0.29) is 0 Å². The number of rotatable bonds is 3. The molecule has 74 valence electrons. The zero-order chi connectivity index (χ0) is 9.54. The van der Waals surface area contributed by atoms with Crippen LogP contribution in [0.2, 0.25) is 0 Å². The van der Waals surface area contributed by atoms with Crippen molar-refractivity contribution in [1.82, 2.24) is 0 Å². The molecule has 0 spiro atoms. The molecule has 1 aromatic rings. The topological polar surface area (TPSA) is 20.2 Å². The first-order valence-electron chi connectivity index (χ1n) is 5.59. The average Bonchev–Trinajstić information content (AvgIpc) is 3.11. The first kappa shape index (κ1) is 8.49. The monoisotopic (exact) mass is 188 g/mol. The second kappa shape index (κ2) is 3.09. The molecule has 2 aliphatic carbocycles. The smallest absolute Gasteiger partial charge is 0.0465 e. The van der Waals surface area contributed by atoms with Gasteiger partial charge in [-0.15, -0.1) is 0 Å². The van der Waals surface area contributed by atoms with Crippen LogP contribution in [0.15, 0.2) is 24.3 Å². The van der Waals surface area contributed by atoms with E-state index in [4.69, 9.17) is 5.11 Å². The third-order valence-electron chi connectivity index (χ3n) is 3.57. The molecule has 1 nitrogen and oxygen atoms in total. The molecule has 1 heteroatoms. The van der Waals surface area contributed by atoms with Gasteiger partial charge in [0, 0.05) is 6.61 Å². The summed E-state index contributed by atoms with van der Waals surface area (Å²) in [6.45, 7) is 0.356. The summed E-state index contributed by atoms with van der Waals surface area (Å²) in [5, 5.41) is 8.99. The van der Waals surface area contributed by atoms with Crippen LogP contribution in [-0.2, 0) is 0 Å². The molecule has 2 aliphatic rings. The lowest BCUT2D eigenvalue weighted by Crippen LogP contribution is -1.89. The zero-order valence-corrected chi connectivity index (χ0v) is 8.32. The van der Waals surface area contributed by atoms with Crippen LogP contribution in [0.1, 0.15) is 42.2 Å². The Morgan fingerprint density at radius 2 is 1.71 bits per heavy atom. The van der Waals surface area contributed by atoms with Gasteiger partial charge in [-0.2, -0.15) is 0 Å². The van der Waals surface area contributed by atoms with E-state index in [1.54, 1.807) is 0 Å². The van der Waals surface area contributed by atoms with Crippen LogP contribution >= 0.6 is 0 Å². The number of benzene rings is 1. The van der Waals surface area contributed by atoms with Crippen molar-refractivity contribution in [3.8, 4) is 0 Å². The Labute approximate surface area is 84.8 Å². The van der Waals surface area contributed by atoms with Crippen LogP contribution in [0, 0.1) is 5.92 Å². The van der Waals surface area contributed by atoms with Gasteiger partial charge in [-0.3, -0.25) is 0 Å². The van der Waals surface area contributed by atoms with Gasteiger partial charge in [0.05, 0.1) is 0 Å². The van der Waals surface area contributed by atoms with Crippen molar-refractivity contribution >= 4 is 0 Å². The van der Waals surface area contributed by atoms with E-state index in [9.17, 15) is 0 Å². The van der Waals surface area contributed by atoms with Crippen LogP contribution < -0.4 is 0 Å². The van der Waals surface area contributed by atoms with Crippen LogP contribution in [0.4, 0.5) is 0 Å². The number of hydrogen-bond acceptors (Lipinski definition) is 1. The average molecular weight is 188 g/mol. The van der Waals surface area contributed by atoms with Gasteiger partial charge in [-0.05, 0) is 48.1 Å². The fourth-order valence-electron chi connectivity index (χ4n) is 2.29. The first-order valence-corrected chi connectivity index (χ1v) is 5.59. The summed E-state index contributed by atoms with van der Waals surface area (Å²) >= 11 is 0. The van der Waals surface area contributed by atoms with Crippen LogP contribution in [0.25, 0.3) is 0 Å². The van der Waals surface area contributed by atoms with Gasteiger partial charge in [0.1, 0.15) is 0 Å². The van der Waals surface area contributed by atoms with Crippen LogP contribution in [-0.4, -0.2) is 11.7 Å². The van der Waals surface area contributed by atoms with Gasteiger partial charge in [-0.1, -0.05) is 24.3 Å². The molecule has 0 radical (unpaired) electrons. The molecule has 14 heavy (non-hydrogen) atoms. The van der Waals surface area contributed by atoms with E-state index in [0.717, 1.165) is 5.92 Å². The van der Waals surface area contributed by atoms with E-state index in [1.165, 1.54) is 30.4 Å². The summed E-state index contributed by atoms with van der Waals surface area (Å²) < 4.78 is 0. The highest BCUT2D eigenvalue weighted by Gasteiger charge is 2.37. The Bertz CT molecular complexity index is 324. The summed E-state index contributed by atoms with van der Waals surface area (Å²) in [4.78, 5) is 0. The van der Waals surface area contributed by atoms with Gasteiger partial charge in [-0.25, -0.2) is 0 Å². The van der Waals surface area contributed by atoms with Gasteiger partial charge in [0.2, 0.25) is 0 Å². The molecule has 2 fully saturated rings. The lowest BCUT2D eigenvalue weighted by molar-refractivity contribution is 0.274. The minimum absolute atomic E-state index is 0.356. The quantitative estimate of drug-likeness (QED) is 0.773. The predicted octanol–water partition coefficient (Wildman–Crippen LogP) is 2.66. The largest absolute Gasteiger partial charge is 0.396 e. The summed E-state index contributed by atoms with van der Waals surface area (Å²) in [7, 11) is 0. The zero-order valence-electron chi connectivity index (χ0n) is 8.32. The van der Waals surface area contributed by atoms with Crippen molar-refractivity contribution < 1.29 is 5.11 Å². The van der Waals surface area contributed by atoms with E-state index < -0.39 is 0 Å². The molecule has 0 aliphatic heterocycles. The molecular formula is C13H16O. The highest BCUT2D eigenvalue weighted by atomic mass is 16.3. The third kappa shape index (κ3) is 1.46. The van der Waals surface area contributed by atoms with Crippen molar-refractivity contribution in [3.63, 3.8) is 0 Å². The predicted molar refractivity (Wildman–Crippen MR) is 56.4 cm³/mol. The summed E-state index contributed by atoms with van der Waals surface area (Å²) in [5.74, 6) is 2.05. The van der Waals surface area contributed by atoms with Crippen molar-refractivity contribution in [1.29, 1.82) is 0 Å². The van der Waals surface area contributed by atoms with Crippen molar-refractivity contribution in [2.24, 2.45) is 5.92 Å². The van der Waals surface area contributed by atoms with E-state index in [2.05, 4.69) is 24.3 Å². The maximum Gasteiger partial charge on any atom is 0.0465 e. The minimum Gasteiger partial charge on any atom is -0.396 e. The van der Waals surface area contributed by atoms with Gasteiger partial charge in [0.15, 0.2) is 0 Å². The Balaban J connectivity index is 1.74. The molecule has 1 aromatic carbocycles. The highest BCUT2D eigenvalue weighted by Crippen LogP contribution is 2.47. The first-order chi connectivity index (χ1) is 6.88. The maximum atomic E-state index is 8.99. The Hall–Kier alpha value is -0.820. The molecule has 0 amide bonds. The third-order valence-corrected chi connectivity index (χ3v) is 3.57. The van der Waals surface area contributed by atoms with Gasteiger partial charge >= 0.3 is 0 Å². The molecule has 0 bridgehead atoms. The summed E-state index contributed by atoms with van der Waals surface area (Å²) in [6.07, 6.45) is 3.93. The van der Waals surface area contributed by atoms with E-state index in [1.807, 2.05) is 0 Å².